The molecule has 0 atom stereocenters. The Balaban J connectivity index is 1.80. The van der Waals surface area contributed by atoms with E-state index in [1.165, 1.54) is 23.5 Å². The van der Waals surface area contributed by atoms with Gasteiger partial charge < -0.3 is 10.6 Å². The third-order valence-electron chi connectivity index (χ3n) is 5.20. The van der Waals surface area contributed by atoms with Gasteiger partial charge in [0.2, 0.25) is 15.9 Å². The van der Waals surface area contributed by atoms with Crippen LogP contribution in [0.2, 0.25) is 0 Å². The van der Waals surface area contributed by atoms with E-state index >= 15 is 0 Å². The number of hydrogen-bond acceptors (Lipinski definition) is 4. The monoisotopic (exact) mass is 429 g/mol. The second-order valence-corrected chi connectivity index (χ2v) is 9.89. The summed E-state index contributed by atoms with van der Waals surface area (Å²) < 4.78 is 26.7. The van der Waals surface area contributed by atoms with Gasteiger partial charge in [-0.2, -0.15) is 4.31 Å². The molecule has 7 nitrogen and oxygen atoms in total. The molecule has 2 aromatic rings. The van der Waals surface area contributed by atoms with Crippen LogP contribution in [-0.4, -0.2) is 37.6 Å². The molecule has 2 amide bonds. The van der Waals surface area contributed by atoms with Crippen LogP contribution in [0.4, 0.5) is 11.4 Å². The Morgan fingerprint density at radius 3 is 2.40 bits per heavy atom. The number of amides is 2. The molecule has 2 aromatic carbocycles. The highest BCUT2D eigenvalue weighted by Gasteiger charge is 2.29. The largest absolute Gasteiger partial charge is 0.326 e. The first-order valence-corrected chi connectivity index (χ1v) is 11.3. The SMILES string of the molecule is Cc1ccc(NC(=O)C2CC2)cc1NC(=O)c1cccc(S(=O)(=O)N(C)C(C)C)c1. The van der Waals surface area contributed by atoms with Gasteiger partial charge in [0.05, 0.1) is 4.90 Å². The number of aryl methyl sites for hydroxylation is 1. The molecule has 0 unspecified atom stereocenters. The van der Waals surface area contributed by atoms with Crippen LogP contribution in [0, 0.1) is 12.8 Å². The molecule has 0 spiro atoms. The summed E-state index contributed by atoms with van der Waals surface area (Å²) in [5.41, 5.74) is 2.24. The lowest BCUT2D eigenvalue weighted by atomic mass is 10.1. The molecule has 1 fully saturated rings. The van der Waals surface area contributed by atoms with E-state index in [-0.39, 0.29) is 28.3 Å². The summed E-state index contributed by atoms with van der Waals surface area (Å²) in [6, 6.07) is 11.1. The van der Waals surface area contributed by atoms with Gasteiger partial charge in [-0.25, -0.2) is 8.42 Å². The van der Waals surface area contributed by atoms with Crippen molar-refractivity contribution in [2.45, 2.75) is 44.6 Å². The highest BCUT2D eigenvalue weighted by molar-refractivity contribution is 7.89. The molecule has 1 aliphatic carbocycles. The van der Waals surface area contributed by atoms with Crippen LogP contribution >= 0.6 is 0 Å². The predicted molar refractivity (Wildman–Crippen MR) is 117 cm³/mol. The Kier molecular flexibility index (Phi) is 6.28. The summed E-state index contributed by atoms with van der Waals surface area (Å²) >= 11 is 0. The van der Waals surface area contributed by atoms with Crippen LogP contribution in [0.5, 0.6) is 0 Å². The summed E-state index contributed by atoms with van der Waals surface area (Å²) in [7, 11) is -2.18. The maximum absolute atomic E-state index is 12.8. The standard InChI is InChI=1S/C22H27N3O4S/c1-14(2)25(4)30(28,29)19-7-5-6-17(12-19)22(27)24-20-13-18(11-8-15(20)3)23-21(26)16-9-10-16/h5-8,11-14,16H,9-10H2,1-4H3,(H,23,26)(H,24,27). The minimum absolute atomic E-state index is 0.0108. The Morgan fingerprint density at radius 1 is 1.07 bits per heavy atom. The van der Waals surface area contributed by atoms with Crippen molar-refractivity contribution in [3.63, 3.8) is 0 Å². The zero-order chi connectivity index (χ0) is 22.1. The zero-order valence-corrected chi connectivity index (χ0v) is 18.4. The third kappa shape index (κ3) is 4.88. The van der Waals surface area contributed by atoms with Gasteiger partial charge in [-0.1, -0.05) is 12.1 Å². The summed E-state index contributed by atoms with van der Waals surface area (Å²) in [6.07, 6.45) is 1.82. The molecular weight excluding hydrogens is 402 g/mol. The lowest BCUT2D eigenvalue weighted by Crippen LogP contribution is -2.33. The fraction of sp³-hybridized carbons (Fsp3) is 0.364. The number of nitrogens with zero attached hydrogens (tertiary/aromatic N) is 1. The highest BCUT2D eigenvalue weighted by Crippen LogP contribution is 2.31. The minimum atomic E-state index is -3.69. The van der Waals surface area contributed by atoms with Gasteiger partial charge >= 0.3 is 0 Å². The highest BCUT2D eigenvalue weighted by atomic mass is 32.2. The van der Waals surface area contributed by atoms with Gasteiger partial charge in [0.1, 0.15) is 0 Å². The van der Waals surface area contributed by atoms with Crippen molar-refractivity contribution in [2.24, 2.45) is 5.92 Å². The fourth-order valence-electron chi connectivity index (χ4n) is 2.86. The Bertz CT molecular complexity index is 1080. The normalized spacial score (nSPS) is 14.1. The van der Waals surface area contributed by atoms with Crippen LogP contribution < -0.4 is 10.6 Å². The van der Waals surface area contributed by atoms with Gasteiger partial charge in [0.25, 0.3) is 5.91 Å². The molecule has 0 heterocycles. The molecule has 0 radical (unpaired) electrons. The van der Waals surface area contributed by atoms with Crippen LogP contribution in [0.15, 0.2) is 47.4 Å². The topological polar surface area (TPSA) is 95.6 Å². The van der Waals surface area contributed by atoms with E-state index in [9.17, 15) is 18.0 Å². The van der Waals surface area contributed by atoms with Crippen LogP contribution in [0.1, 0.15) is 42.6 Å². The average Bonchev–Trinajstić information content (AvgIpc) is 3.55. The summed E-state index contributed by atoms with van der Waals surface area (Å²) in [4.78, 5) is 24.8. The van der Waals surface area contributed by atoms with Crippen molar-refractivity contribution < 1.29 is 18.0 Å². The molecule has 0 saturated heterocycles. The molecular formula is C22H27N3O4S. The van der Waals surface area contributed by atoms with Crippen LogP contribution in [0.3, 0.4) is 0 Å². The van der Waals surface area contributed by atoms with Crippen molar-refractivity contribution in [1.29, 1.82) is 0 Å². The molecule has 0 aromatic heterocycles. The molecule has 0 bridgehead atoms. The van der Waals surface area contributed by atoms with E-state index in [1.54, 1.807) is 38.1 Å². The fourth-order valence-corrected chi connectivity index (χ4v) is 4.27. The second-order valence-electron chi connectivity index (χ2n) is 7.89. The predicted octanol–water partition coefficient (Wildman–Crippen LogP) is 3.62. The van der Waals surface area contributed by atoms with E-state index < -0.39 is 15.9 Å². The average molecular weight is 430 g/mol. The molecule has 3 rings (SSSR count). The lowest BCUT2D eigenvalue weighted by Gasteiger charge is -2.21. The number of hydrogen-bond donors (Lipinski definition) is 2. The third-order valence-corrected chi connectivity index (χ3v) is 7.23. The van der Waals surface area contributed by atoms with E-state index in [1.807, 2.05) is 13.0 Å². The van der Waals surface area contributed by atoms with Gasteiger partial charge in [-0.05, 0) is 69.5 Å². The maximum atomic E-state index is 12.8. The number of benzene rings is 2. The van der Waals surface area contributed by atoms with Gasteiger partial charge in [-0.15, -0.1) is 0 Å². The van der Waals surface area contributed by atoms with Crippen molar-refractivity contribution in [3.05, 3.63) is 53.6 Å². The summed E-state index contributed by atoms with van der Waals surface area (Å²) in [6.45, 7) is 5.42. The number of rotatable bonds is 7. The van der Waals surface area contributed by atoms with Crippen molar-refractivity contribution in [1.82, 2.24) is 4.31 Å². The summed E-state index contributed by atoms with van der Waals surface area (Å²) in [5, 5.41) is 5.68. The number of nitrogens with one attached hydrogen (secondary N) is 2. The Morgan fingerprint density at radius 2 is 1.77 bits per heavy atom. The molecule has 2 N–H and O–H groups in total. The minimum Gasteiger partial charge on any atom is -0.326 e. The molecule has 8 heteroatoms. The van der Waals surface area contributed by atoms with E-state index in [4.69, 9.17) is 0 Å². The smallest absolute Gasteiger partial charge is 0.255 e. The van der Waals surface area contributed by atoms with Crippen molar-refractivity contribution in [3.8, 4) is 0 Å². The molecule has 160 valence electrons. The van der Waals surface area contributed by atoms with Crippen LogP contribution in [0.25, 0.3) is 0 Å². The maximum Gasteiger partial charge on any atom is 0.255 e. The van der Waals surface area contributed by atoms with E-state index in [0.29, 0.717) is 11.4 Å². The number of anilines is 2. The molecule has 0 aliphatic heterocycles. The zero-order valence-electron chi connectivity index (χ0n) is 17.6. The second kappa shape index (κ2) is 8.57. The van der Waals surface area contributed by atoms with Crippen molar-refractivity contribution >= 4 is 33.2 Å². The Labute approximate surface area is 177 Å². The van der Waals surface area contributed by atoms with Crippen molar-refractivity contribution in [2.75, 3.05) is 17.7 Å². The van der Waals surface area contributed by atoms with Gasteiger partial charge in [-0.3, -0.25) is 9.59 Å². The quantitative estimate of drug-likeness (QED) is 0.703. The molecule has 30 heavy (non-hydrogen) atoms. The molecule has 1 aliphatic rings. The number of sulfonamides is 1. The van der Waals surface area contributed by atoms with Crippen LogP contribution in [-0.2, 0) is 14.8 Å². The number of carbonyl (C=O) groups excluding carboxylic acids is 2. The first-order valence-electron chi connectivity index (χ1n) is 9.90. The first kappa shape index (κ1) is 22.0. The van der Waals surface area contributed by atoms with Gasteiger partial charge in [0.15, 0.2) is 0 Å². The summed E-state index contributed by atoms with van der Waals surface area (Å²) in [5.74, 6) is -0.352. The first-order chi connectivity index (χ1) is 14.1. The number of carbonyl (C=O) groups is 2. The Hall–Kier alpha value is -2.71. The molecule has 1 saturated carbocycles. The van der Waals surface area contributed by atoms with E-state index in [2.05, 4.69) is 10.6 Å². The lowest BCUT2D eigenvalue weighted by molar-refractivity contribution is -0.117. The van der Waals surface area contributed by atoms with E-state index in [0.717, 1.165) is 18.4 Å². The van der Waals surface area contributed by atoms with Gasteiger partial charge in [0, 0.05) is 35.9 Å².